The first kappa shape index (κ1) is 15.4. The van der Waals surface area contributed by atoms with Gasteiger partial charge in [-0.05, 0) is 42.7 Å². The molecule has 0 saturated heterocycles. The molecule has 0 spiro atoms. The minimum absolute atomic E-state index is 0.0394. The Morgan fingerprint density at radius 1 is 1.10 bits per heavy atom. The zero-order valence-corrected chi connectivity index (χ0v) is 12.7. The third kappa shape index (κ3) is 4.23. The minimum atomic E-state index is -3.68. The minimum Gasteiger partial charge on any atom is -0.508 e. The fourth-order valence-corrected chi connectivity index (χ4v) is 3.08. The third-order valence-corrected chi connectivity index (χ3v) is 4.53. The van der Waals surface area contributed by atoms with Gasteiger partial charge >= 0.3 is 0 Å². The molecule has 2 N–H and O–H groups in total. The Morgan fingerprint density at radius 3 is 2.43 bits per heavy atom. The molecule has 4 nitrogen and oxygen atoms in total. The second-order valence-electron chi connectivity index (χ2n) is 4.90. The number of hydrogen-bond donors (Lipinski definition) is 2. The van der Waals surface area contributed by atoms with E-state index < -0.39 is 10.0 Å². The molecule has 0 fully saturated rings. The van der Waals surface area contributed by atoms with Crippen molar-refractivity contribution < 1.29 is 13.5 Å². The number of unbranched alkanes of at least 4 members (excludes halogenated alkanes) is 1. The summed E-state index contributed by atoms with van der Waals surface area (Å²) >= 11 is 0. The summed E-state index contributed by atoms with van der Waals surface area (Å²) in [5.74, 6) is -0.0761. The molecule has 21 heavy (non-hydrogen) atoms. The summed E-state index contributed by atoms with van der Waals surface area (Å²) in [4.78, 5) is 0.0394. The summed E-state index contributed by atoms with van der Waals surface area (Å²) in [5, 5.41) is 9.37. The number of rotatable bonds is 6. The van der Waals surface area contributed by atoms with Crippen molar-refractivity contribution in [3.8, 4) is 5.75 Å². The van der Waals surface area contributed by atoms with Crippen molar-refractivity contribution in [2.45, 2.75) is 31.1 Å². The number of anilines is 1. The fourth-order valence-electron chi connectivity index (χ4n) is 1.99. The number of benzene rings is 2. The first-order chi connectivity index (χ1) is 10.0. The monoisotopic (exact) mass is 305 g/mol. The van der Waals surface area contributed by atoms with E-state index in [1.807, 2.05) is 12.1 Å². The van der Waals surface area contributed by atoms with Crippen LogP contribution in [0.5, 0.6) is 5.75 Å². The lowest BCUT2D eigenvalue weighted by molar-refractivity contribution is 0.473. The normalized spacial score (nSPS) is 11.3. The van der Waals surface area contributed by atoms with Crippen molar-refractivity contribution in [1.29, 1.82) is 0 Å². The van der Waals surface area contributed by atoms with Gasteiger partial charge in [-0.15, -0.1) is 0 Å². The van der Waals surface area contributed by atoms with Crippen LogP contribution in [-0.2, 0) is 16.4 Å². The molecule has 0 bridgehead atoms. The SMILES string of the molecule is CCCCc1ccc(NS(=O)(=O)c2cccc(O)c2)cc1. The van der Waals surface area contributed by atoms with Crippen molar-refractivity contribution in [2.75, 3.05) is 4.72 Å². The molecule has 0 atom stereocenters. The highest BCUT2D eigenvalue weighted by Gasteiger charge is 2.14. The largest absolute Gasteiger partial charge is 0.508 e. The van der Waals surface area contributed by atoms with Gasteiger partial charge in [-0.3, -0.25) is 4.72 Å². The van der Waals surface area contributed by atoms with E-state index in [9.17, 15) is 13.5 Å². The highest BCUT2D eigenvalue weighted by molar-refractivity contribution is 7.92. The number of aromatic hydroxyl groups is 1. The number of sulfonamides is 1. The van der Waals surface area contributed by atoms with Crippen molar-refractivity contribution >= 4 is 15.7 Å². The quantitative estimate of drug-likeness (QED) is 0.858. The summed E-state index contributed by atoms with van der Waals surface area (Å²) < 4.78 is 26.9. The second-order valence-corrected chi connectivity index (χ2v) is 6.59. The van der Waals surface area contributed by atoms with Crippen LogP contribution < -0.4 is 4.72 Å². The Kier molecular flexibility index (Phi) is 4.85. The van der Waals surface area contributed by atoms with Gasteiger partial charge in [0.2, 0.25) is 0 Å². The van der Waals surface area contributed by atoms with Gasteiger partial charge in [-0.1, -0.05) is 31.5 Å². The van der Waals surface area contributed by atoms with Gasteiger partial charge in [0, 0.05) is 11.8 Å². The predicted octanol–water partition coefficient (Wildman–Crippen LogP) is 3.54. The molecule has 0 aliphatic carbocycles. The van der Waals surface area contributed by atoms with Gasteiger partial charge in [0.25, 0.3) is 10.0 Å². The second kappa shape index (κ2) is 6.63. The smallest absolute Gasteiger partial charge is 0.262 e. The van der Waals surface area contributed by atoms with Gasteiger partial charge in [0.15, 0.2) is 0 Å². The maximum atomic E-state index is 12.2. The Bertz CT molecular complexity index is 694. The Hall–Kier alpha value is -2.01. The molecule has 5 heteroatoms. The third-order valence-electron chi connectivity index (χ3n) is 3.15. The van der Waals surface area contributed by atoms with Crippen LogP contribution in [0.3, 0.4) is 0 Å². The maximum absolute atomic E-state index is 12.2. The standard InChI is InChI=1S/C16H19NO3S/c1-2-3-5-13-8-10-14(11-9-13)17-21(19,20)16-7-4-6-15(18)12-16/h4,6-12,17-18H,2-3,5H2,1H3. The van der Waals surface area contributed by atoms with Crippen LogP contribution in [0.1, 0.15) is 25.3 Å². The Balaban J connectivity index is 2.13. The summed E-state index contributed by atoms with van der Waals surface area (Å²) in [7, 11) is -3.68. The van der Waals surface area contributed by atoms with E-state index in [1.165, 1.54) is 29.8 Å². The van der Waals surface area contributed by atoms with Crippen molar-refractivity contribution in [3.05, 3.63) is 54.1 Å². The lowest BCUT2D eigenvalue weighted by atomic mass is 10.1. The first-order valence-corrected chi connectivity index (χ1v) is 8.40. The van der Waals surface area contributed by atoms with Gasteiger partial charge in [0.05, 0.1) is 4.90 Å². The zero-order valence-electron chi connectivity index (χ0n) is 11.9. The lowest BCUT2D eigenvalue weighted by Crippen LogP contribution is -2.12. The van der Waals surface area contributed by atoms with E-state index >= 15 is 0 Å². The topological polar surface area (TPSA) is 66.4 Å². The molecular weight excluding hydrogens is 286 g/mol. The lowest BCUT2D eigenvalue weighted by Gasteiger charge is -2.09. The molecular formula is C16H19NO3S. The van der Waals surface area contributed by atoms with Crippen LogP contribution in [-0.4, -0.2) is 13.5 Å². The van der Waals surface area contributed by atoms with E-state index in [1.54, 1.807) is 12.1 Å². The van der Waals surface area contributed by atoms with Gasteiger partial charge in [0.1, 0.15) is 5.75 Å². The van der Waals surface area contributed by atoms with Crippen LogP contribution in [0, 0.1) is 0 Å². The van der Waals surface area contributed by atoms with Crippen LogP contribution in [0.2, 0.25) is 0 Å². The van der Waals surface area contributed by atoms with E-state index in [2.05, 4.69) is 11.6 Å². The van der Waals surface area contributed by atoms with Crippen LogP contribution in [0.15, 0.2) is 53.4 Å². The molecule has 0 radical (unpaired) electrons. The molecule has 0 heterocycles. The van der Waals surface area contributed by atoms with Crippen LogP contribution in [0.25, 0.3) is 0 Å². The molecule has 0 amide bonds. The average molecular weight is 305 g/mol. The molecule has 0 saturated carbocycles. The first-order valence-electron chi connectivity index (χ1n) is 6.92. The van der Waals surface area contributed by atoms with Gasteiger partial charge < -0.3 is 5.11 Å². The average Bonchev–Trinajstić information content (AvgIpc) is 2.46. The van der Waals surface area contributed by atoms with Crippen molar-refractivity contribution in [2.24, 2.45) is 0 Å². The zero-order chi connectivity index (χ0) is 15.3. The highest BCUT2D eigenvalue weighted by Crippen LogP contribution is 2.20. The number of hydrogen-bond acceptors (Lipinski definition) is 3. The molecule has 0 unspecified atom stereocenters. The van der Waals surface area contributed by atoms with E-state index in [0.717, 1.165) is 19.3 Å². The van der Waals surface area contributed by atoms with Crippen LogP contribution in [0.4, 0.5) is 5.69 Å². The molecule has 2 rings (SSSR count). The molecule has 112 valence electrons. The molecule has 0 aromatic heterocycles. The highest BCUT2D eigenvalue weighted by atomic mass is 32.2. The molecule has 2 aromatic rings. The van der Waals surface area contributed by atoms with Gasteiger partial charge in [-0.25, -0.2) is 8.42 Å². The summed E-state index contributed by atoms with van der Waals surface area (Å²) in [6, 6.07) is 13.0. The fraction of sp³-hybridized carbons (Fsp3) is 0.250. The number of aryl methyl sites for hydroxylation is 1. The predicted molar refractivity (Wildman–Crippen MR) is 84.0 cm³/mol. The molecule has 0 aliphatic rings. The Labute approximate surface area is 125 Å². The maximum Gasteiger partial charge on any atom is 0.262 e. The summed E-state index contributed by atoms with van der Waals surface area (Å²) in [6.07, 6.45) is 3.25. The van der Waals surface area contributed by atoms with E-state index in [-0.39, 0.29) is 10.6 Å². The van der Waals surface area contributed by atoms with Gasteiger partial charge in [-0.2, -0.15) is 0 Å². The Morgan fingerprint density at radius 2 is 1.81 bits per heavy atom. The number of nitrogens with one attached hydrogen (secondary N) is 1. The summed E-state index contributed by atoms with van der Waals surface area (Å²) in [5.41, 5.74) is 1.70. The van der Waals surface area contributed by atoms with Crippen molar-refractivity contribution in [3.63, 3.8) is 0 Å². The van der Waals surface area contributed by atoms with E-state index in [4.69, 9.17) is 0 Å². The summed E-state index contributed by atoms with van der Waals surface area (Å²) in [6.45, 7) is 2.14. The van der Waals surface area contributed by atoms with Crippen LogP contribution >= 0.6 is 0 Å². The molecule has 0 aliphatic heterocycles. The van der Waals surface area contributed by atoms with Crippen molar-refractivity contribution in [1.82, 2.24) is 0 Å². The number of phenols is 1. The van der Waals surface area contributed by atoms with E-state index in [0.29, 0.717) is 5.69 Å². The number of phenolic OH excluding ortho intramolecular Hbond substituents is 1. The molecule has 2 aromatic carbocycles.